The first-order valence-corrected chi connectivity index (χ1v) is 14.5. The molecule has 3 atom stereocenters. The van der Waals surface area contributed by atoms with E-state index < -0.39 is 29.6 Å². The molecule has 0 unspecified atom stereocenters. The van der Waals surface area contributed by atoms with E-state index in [9.17, 15) is 24.6 Å². The molecule has 4 heterocycles. The molecule has 10 heteroatoms. The lowest BCUT2D eigenvalue weighted by atomic mass is 9.81. The van der Waals surface area contributed by atoms with Gasteiger partial charge in [0.25, 0.3) is 5.56 Å². The van der Waals surface area contributed by atoms with Crippen molar-refractivity contribution in [1.29, 1.82) is 0 Å². The molecular weight excluding hydrogens is 529 g/mol. The zero-order valence-electron chi connectivity index (χ0n) is 22.6. The summed E-state index contributed by atoms with van der Waals surface area (Å²) < 4.78 is 22.0. The summed E-state index contributed by atoms with van der Waals surface area (Å²) in [6.07, 6.45) is 3.61. The molecule has 3 aliphatic carbocycles. The molecule has 0 spiro atoms. The van der Waals surface area contributed by atoms with Gasteiger partial charge in [0.05, 0.1) is 35.1 Å². The fraction of sp³-hybridized carbons (Fsp3) is 0.484. The number of nitrogens with zero attached hydrogens (tertiary/aromatic N) is 2. The zero-order chi connectivity index (χ0) is 28.4. The van der Waals surface area contributed by atoms with Gasteiger partial charge in [-0.3, -0.25) is 9.59 Å². The normalized spacial score (nSPS) is 24.9. The molecule has 5 aliphatic rings. The fourth-order valence-electron chi connectivity index (χ4n) is 7.18. The summed E-state index contributed by atoms with van der Waals surface area (Å²) >= 11 is 0. The van der Waals surface area contributed by atoms with Gasteiger partial charge in [-0.25, -0.2) is 14.2 Å². The van der Waals surface area contributed by atoms with Crippen molar-refractivity contribution in [1.82, 2.24) is 14.9 Å². The number of aromatic nitrogens is 2. The lowest BCUT2D eigenvalue weighted by Gasteiger charge is -2.32. The van der Waals surface area contributed by atoms with E-state index >= 15 is 4.39 Å². The average molecular weight is 560 g/mol. The van der Waals surface area contributed by atoms with Crippen LogP contribution in [0, 0.1) is 24.6 Å². The summed E-state index contributed by atoms with van der Waals surface area (Å²) in [4.78, 5) is 44.6. The highest BCUT2D eigenvalue weighted by atomic mass is 19.1. The van der Waals surface area contributed by atoms with Crippen LogP contribution in [-0.2, 0) is 39.5 Å². The summed E-state index contributed by atoms with van der Waals surface area (Å²) in [6.45, 7) is 1.70. The van der Waals surface area contributed by atoms with Gasteiger partial charge in [-0.2, -0.15) is 0 Å². The summed E-state index contributed by atoms with van der Waals surface area (Å²) in [6, 6.07) is 2.61. The van der Waals surface area contributed by atoms with Crippen molar-refractivity contribution in [2.75, 3.05) is 0 Å². The van der Waals surface area contributed by atoms with Crippen LogP contribution in [0.4, 0.5) is 4.39 Å². The molecule has 3 aromatic rings. The van der Waals surface area contributed by atoms with Gasteiger partial charge >= 0.3 is 5.97 Å². The van der Waals surface area contributed by atoms with E-state index in [1.165, 1.54) is 6.07 Å². The number of hydrogen-bond donors (Lipinski definition) is 3. The van der Waals surface area contributed by atoms with Gasteiger partial charge in [0.1, 0.15) is 18.5 Å². The Bertz CT molecular complexity index is 1770. The number of fused-ring (bicyclic) bond motifs is 5. The molecule has 212 valence electrons. The molecule has 2 aliphatic heterocycles. The maximum atomic E-state index is 15.1. The molecule has 2 aromatic heterocycles. The number of esters is 1. The summed E-state index contributed by atoms with van der Waals surface area (Å²) in [5.74, 6) is -1.39. The van der Waals surface area contributed by atoms with Crippen LogP contribution < -0.4 is 10.9 Å². The van der Waals surface area contributed by atoms with Gasteiger partial charge < -0.3 is 24.8 Å². The Hall–Kier alpha value is -3.63. The van der Waals surface area contributed by atoms with Crippen LogP contribution >= 0.6 is 0 Å². The number of aliphatic hydroxyl groups is 2. The quantitative estimate of drug-likeness (QED) is 0.321. The van der Waals surface area contributed by atoms with Gasteiger partial charge in [-0.05, 0) is 73.6 Å². The first kappa shape index (κ1) is 25.1. The van der Waals surface area contributed by atoms with Crippen molar-refractivity contribution >= 4 is 22.8 Å². The highest BCUT2D eigenvalue weighted by Crippen LogP contribution is 2.48. The third-order valence-electron chi connectivity index (χ3n) is 9.80. The second-order valence-corrected chi connectivity index (χ2v) is 12.5. The van der Waals surface area contributed by atoms with E-state index in [0.717, 1.165) is 47.8 Å². The van der Waals surface area contributed by atoms with Crippen LogP contribution in [0.2, 0.25) is 0 Å². The van der Waals surface area contributed by atoms with Crippen LogP contribution in [-0.4, -0.2) is 37.7 Å². The molecule has 0 saturated heterocycles. The highest BCUT2D eigenvalue weighted by Gasteiger charge is 2.50. The molecule has 8 rings (SSSR count). The van der Waals surface area contributed by atoms with E-state index in [2.05, 4.69) is 5.32 Å². The number of benzene rings is 1. The lowest BCUT2D eigenvalue weighted by molar-refractivity contribution is -0.173. The van der Waals surface area contributed by atoms with Crippen LogP contribution in [0.15, 0.2) is 16.9 Å². The maximum absolute atomic E-state index is 15.1. The molecule has 0 radical (unpaired) electrons. The largest absolute Gasteiger partial charge is 0.458 e. The number of hydrogen-bond acceptors (Lipinski definition) is 7. The molecule has 0 bridgehead atoms. The summed E-state index contributed by atoms with van der Waals surface area (Å²) in [5, 5.41) is 25.9. The highest BCUT2D eigenvalue weighted by molar-refractivity contribution is 5.94. The molecule has 9 nitrogen and oxygen atoms in total. The van der Waals surface area contributed by atoms with Crippen LogP contribution in [0.5, 0.6) is 0 Å². The van der Waals surface area contributed by atoms with Crippen molar-refractivity contribution < 1.29 is 28.9 Å². The van der Waals surface area contributed by atoms with E-state index in [1.54, 1.807) is 17.6 Å². The number of nitrogens with one attached hydrogen (secondary N) is 1. The number of cyclic esters (lactones) is 1. The van der Waals surface area contributed by atoms with Crippen LogP contribution in [0.1, 0.15) is 77.9 Å². The smallest absolute Gasteiger partial charge is 0.343 e. The Labute approximate surface area is 234 Å². The van der Waals surface area contributed by atoms with E-state index in [4.69, 9.17) is 9.72 Å². The number of carbonyl (C=O) groups is 2. The SMILES string of the molecule is Cc1c(F)cc2nc3c(c4c2c1CC[C@@H]4NC(=O)[C@H](O)C1CC1)Cn1c-3cc2c(c1=O)COC(=O)[C@]2(O)CC1CC1. The monoisotopic (exact) mass is 559 g/mol. The lowest BCUT2D eigenvalue weighted by Crippen LogP contribution is -2.45. The molecule has 1 amide bonds. The number of carbonyl (C=O) groups excluding carboxylic acids is 2. The Kier molecular flexibility index (Phi) is 5.18. The van der Waals surface area contributed by atoms with E-state index in [0.29, 0.717) is 35.3 Å². The van der Waals surface area contributed by atoms with Crippen molar-refractivity contribution in [3.05, 3.63) is 61.7 Å². The number of aliphatic hydroxyl groups excluding tert-OH is 1. The number of aryl methyl sites for hydroxylation is 1. The van der Waals surface area contributed by atoms with Gasteiger partial charge in [0.15, 0.2) is 5.60 Å². The number of pyridine rings is 2. The van der Waals surface area contributed by atoms with E-state index in [-0.39, 0.29) is 53.9 Å². The number of rotatable bonds is 5. The first-order chi connectivity index (χ1) is 19.7. The Morgan fingerprint density at radius 1 is 1.20 bits per heavy atom. The van der Waals surface area contributed by atoms with Crippen molar-refractivity contribution in [2.45, 2.75) is 82.8 Å². The number of halogens is 1. The fourth-order valence-corrected chi connectivity index (χ4v) is 7.18. The molecule has 41 heavy (non-hydrogen) atoms. The number of amides is 1. The Morgan fingerprint density at radius 2 is 1.98 bits per heavy atom. The third kappa shape index (κ3) is 3.59. The molecule has 2 fully saturated rings. The first-order valence-electron chi connectivity index (χ1n) is 14.5. The molecular formula is C31H30FN3O6. The summed E-state index contributed by atoms with van der Waals surface area (Å²) in [5.41, 5.74) is 2.47. The zero-order valence-corrected chi connectivity index (χ0v) is 22.6. The minimum Gasteiger partial charge on any atom is -0.458 e. The van der Waals surface area contributed by atoms with Gasteiger partial charge in [-0.15, -0.1) is 0 Å². The standard InChI is InChI=1S/C31H30FN3O6/c1-13-16-6-7-21(34-28(37)27(36)15-4-5-15)25-17-11-35-23(26(17)33-22(24(16)25)9-20(13)32)8-19-18(29(35)38)12-41-30(39)31(19,40)10-14-2-3-14/h8-9,14-15,21,27,36,40H,2-7,10-12H2,1H3,(H,34,37)/t21-,27+,31-/m0/s1. The topological polar surface area (TPSA) is 131 Å². The van der Waals surface area contributed by atoms with Crippen molar-refractivity contribution in [3.8, 4) is 11.4 Å². The molecule has 2 saturated carbocycles. The van der Waals surface area contributed by atoms with Crippen LogP contribution in [0.3, 0.4) is 0 Å². The average Bonchev–Trinajstić information content (AvgIpc) is 3.89. The molecule has 3 N–H and O–H groups in total. The minimum atomic E-state index is -1.91. The minimum absolute atomic E-state index is 0.0288. The van der Waals surface area contributed by atoms with Gasteiger partial charge in [0, 0.05) is 22.6 Å². The number of ether oxygens (including phenoxy) is 1. The summed E-state index contributed by atoms with van der Waals surface area (Å²) in [7, 11) is 0. The van der Waals surface area contributed by atoms with Crippen molar-refractivity contribution in [2.24, 2.45) is 11.8 Å². The molecule has 1 aromatic carbocycles. The van der Waals surface area contributed by atoms with Gasteiger partial charge in [0.2, 0.25) is 5.91 Å². The van der Waals surface area contributed by atoms with E-state index in [1.807, 2.05) is 0 Å². The maximum Gasteiger partial charge on any atom is 0.343 e. The Morgan fingerprint density at radius 3 is 2.71 bits per heavy atom. The second-order valence-electron chi connectivity index (χ2n) is 12.5. The Balaban J connectivity index is 1.33. The van der Waals surface area contributed by atoms with Crippen LogP contribution in [0.25, 0.3) is 22.3 Å². The van der Waals surface area contributed by atoms with Gasteiger partial charge in [-0.1, -0.05) is 12.8 Å². The predicted octanol–water partition coefficient (Wildman–Crippen LogP) is 2.79. The predicted molar refractivity (Wildman–Crippen MR) is 144 cm³/mol. The second kappa shape index (κ2) is 8.45. The third-order valence-corrected chi connectivity index (χ3v) is 9.80. The van der Waals surface area contributed by atoms with Crippen molar-refractivity contribution in [3.63, 3.8) is 0 Å².